The van der Waals surface area contributed by atoms with Gasteiger partial charge in [-0.1, -0.05) is 113 Å². The Morgan fingerprint density at radius 3 is 1.29 bits per heavy atom. The summed E-state index contributed by atoms with van der Waals surface area (Å²) in [5, 5.41) is 7.60. The Balaban J connectivity index is 0.000000137. The molecule has 1 atom stereocenters. The molecule has 8 heterocycles. The number of hydrogen-bond donors (Lipinski definition) is 0. The van der Waals surface area contributed by atoms with Crippen molar-refractivity contribution < 1.29 is 16.8 Å². The van der Waals surface area contributed by atoms with Gasteiger partial charge in [-0.15, -0.1) is 22.7 Å². The molecule has 0 amide bonds. The van der Waals surface area contributed by atoms with E-state index in [-0.39, 0.29) is 14.8 Å². The van der Waals surface area contributed by atoms with Crippen LogP contribution in [0.5, 0.6) is 0 Å². The highest BCUT2D eigenvalue weighted by molar-refractivity contribution is 7.90. The maximum absolute atomic E-state index is 13.5. The van der Waals surface area contributed by atoms with Gasteiger partial charge in [0, 0.05) is 194 Å². The number of hydrogen-bond acceptors (Lipinski definition) is 14. The molecule has 1 aliphatic rings. The van der Waals surface area contributed by atoms with E-state index in [1.54, 1.807) is 103 Å². The minimum Gasteiger partial charge on any atom is -0.378 e. The molecule has 0 aliphatic heterocycles. The number of aromatic nitrogens is 8. The van der Waals surface area contributed by atoms with E-state index in [1.807, 2.05) is 116 Å². The Kier molecular flexibility index (Phi) is 18.1. The highest BCUT2D eigenvalue weighted by Gasteiger charge is 2.46. The number of thiazole rings is 2. The van der Waals surface area contributed by atoms with Crippen molar-refractivity contribution in [3.8, 4) is 55.1 Å². The number of aryl methyl sites for hydroxylation is 1. The molecule has 5 aromatic carbocycles. The van der Waals surface area contributed by atoms with Gasteiger partial charge in [0.25, 0.3) is 20.0 Å². The number of pyridine rings is 3. The average Bonchev–Trinajstić information content (AvgIpc) is 1.62. The first-order valence-corrected chi connectivity index (χ1v) is 38.7. The molecule has 0 radical (unpaired) electrons. The van der Waals surface area contributed by atoms with Gasteiger partial charge >= 0.3 is 0 Å². The van der Waals surface area contributed by atoms with Crippen molar-refractivity contribution in [3.05, 3.63) is 247 Å². The van der Waals surface area contributed by atoms with Crippen LogP contribution in [0.25, 0.3) is 82.7 Å². The number of fused-ring (bicyclic) bond motifs is 3. The smallest absolute Gasteiger partial charge is 0.269 e. The van der Waals surface area contributed by atoms with Crippen LogP contribution in [0.3, 0.4) is 0 Å². The molecule has 1 unspecified atom stereocenters. The van der Waals surface area contributed by atoms with E-state index in [1.165, 1.54) is 47.4 Å². The van der Waals surface area contributed by atoms with Crippen LogP contribution in [0, 0.1) is 0 Å². The Hall–Kier alpha value is -9.57. The number of rotatable bonds is 14. The van der Waals surface area contributed by atoms with Gasteiger partial charge in [0.2, 0.25) is 0 Å². The molecule has 0 bridgehead atoms. The quantitative estimate of drug-likeness (QED) is 0.0951. The summed E-state index contributed by atoms with van der Waals surface area (Å²) >= 11 is 3.18. The highest BCUT2D eigenvalue weighted by atomic mass is 32.2. The van der Waals surface area contributed by atoms with E-state index in [2.05, 4.69) is 145 Å². The van der Waals surface area contributed by atoms with Crippen molar-refractivity contribution in [3.63, 3.8) is 0 Å². The molecule has 1 aliphatic carbocycles. The minimum absolute atomic E-state index is 0.215. The maximum atomic E-state index is 13.5. The molecule has 20 heteroatoms. The van der Waals surface area contributed by atoms with Gasteiger partial charge in [-0.05, 0) is 107 Å². The lowest BCUT2D eigenvalue weighted by atomic mass is 10.0. The van der Waals surface area contributed by atoms with Gasteiger partial charge in [0.15, 0.2) is 11.3 Å². The molecule has 0 N–H and O–H groups in total. The molecule has 14 rings (SSSR count). The van der Waals surface area contributed by atoms with E-state index in [9.17, 15) is 16.8 Å². The molecule has 0 saturated heterocycles. The lowest BCUT2D eigenvalue weighted by Crippen LogP contribution is -2.43. The summed E-state index contributed by atoms with van der Waals surface area (Å²) < 4.78 is 58.2. The van der Waals surface area contributed by atoms with Crippen LogP contribution in [0.4, 0.5) is 17.1 Å². The highest BCUT2D eigenvalue weighted by Crippen LogP contribution is 2.52. The summed E-state index contributed by atoms with van der Waals surface area (Å²) in [6, 6.07) is 50.3. The fraction of sp³-hybridized carbons (Fsp3) is 0.187. The summed E-state index contributed by atoms with van der Waals surface area (Å²) in [5.41, 5.74) is 17.1. The fourth-order valence-corrected chi connectivity index (χ4v) is 18.0. The van der Waals surface area contributed by atoms with E-state index < -0.39 is 28.1 Å². The lowest BCUT2D eigenvalue weighted by Gasteiger charge is -2.41. The summed E-state index contributed by atoms with van der Waals surface area (Å²) in [4.78, 5) is 30.0. The first kappa shape index (κ1) is 65.5. The van der Waals surface area contributed by atoms with Crippen molar-refractivity contribution >= 4 is 95.5 Å². The van der Waals surface area contributed by atoms with E-state index in [0.29, 0.717) is 16.8 Å². The van der Waals surface area contributed by atoms with Gasteiger partial charge < -0.3 is 19.3 Å². The second kappa shape index (κ2) is 26.3. The van der Waals surface area contributed by atoms with Crippen molar-refractivity contribution in [1.29, 1.82) is 0 Å². The van der Waals surface area contributed by atoms with Crippen LogP contribution >= 0.6 is 22.7 Å². The Morgan fingerprint density at radius 2 is 0.884 bits per heavy atom. The van der Waals surface area contributed by atoms with Gasteiger partial charge in [0.05, 0.1) is 23.6 Å². The molecule has 0 spiro atoms. The zero-order chi connectivity index (χ0) is 67.1. The Labute approximate surface area is 565 Å². The van der Waals surface area contributed by atoms with Gasteiger partial charge in [-0.2, -0.15) is 0 Å². The third kappa shape index (κ3) is 13.1. The normalized spacial score (nSPS) is 13.2. The maximum Gasteiger partial charge on any atom is 0.269 e. The Bertz CT molecular complexity index is 5140. The third-order valence-electron chi connectivity index (χ3n) is 18.0. The zero-order valence-electron chi connectivity index (χ0n) is 55.2. The predicted molar refractivity (Wildman–Crippen MR) is 396 cm³/mol. The third-order valence-corrected chi connectivity index (χ3v) is 28.8. The number of allylic oxidation sites excluding steroid dienone is 1. The second-order valence-corrected chi connectivity index (χ2v) is 36.7. The molecule has 482 valence electrons. The molecule has 15 nitrogen and oxygen atoms in total. The van der Waals surface area contributed by atoms with Gasteiger partial charge in [-0.3, -0.25) is 4.98 Å². The molecule has 0 fully saturated rings. The van der Waals surface area contributed by atoms with Crippen LogP contribution in [0.15, 0.2) is 240 Å². The SMILES string of the molecule is CN(C)c1ccc(-c2cnc3c(c2)C(c2nccs2)=CC3[Si](C)(C)C(C)(C)C)cc1.CN(C)c1ccc(-c2cnc3c(c2)c(-c2ccn(C)c2)cn3S(=O)(=O)c2ccccc2)cc1.CN(C)c1ccc(-c2cnc3c(c2)c(-c2nccs2)cn3S(=O)(=O)c2ccccc2)cc1. The van der Waals surface area contributed by atoms with Crippen molar-refractivity contribution in [2.24, 2.45) is 7.05 Å². The molecular formula is C75H75N11O4S4Si. The van der Waals surface area contributed by atoms with Gasteiger partial charge in [0.1, 0.15) is 10.0 Å². The summed E-state index contributed by atoms with van der Waals surface area (Å²) in [7, 11) is 4.82. The van der Waals surface area contributed by atoms with Crippen LogP contribution in [0.1, 0.15) is 42.6 Å². The van der Waals surface area contributed by atoms with Crippen molar-refractivity contribution in [2.45, 2.75) is 54.2 Å². The topological polar surface area (TPSA) is 157 Å². The zero-order valence-corrected chi connectivity index (χ0v) is 59.5. The molecular weight excluding hydrogens is 1280 g/mol. The largest absolute Gasteiger partial charge is 0.378 e. The fourth-order valence-electron chi connectivity index (χ4n) is 11.5. The van der Waals surface area contributed by atoms with Crippen LogP contribution in [-0.2, 0) is 27.1 Å². The van der Waals surface area contributed by atoms with E-state index in [4.69, 9.17) is 4.98 Å². The molecule has 95 heavy (non-hydrogen) atoms. The number of nitrogens with zero attached hydrogens (tertiary/aromatic N) is 11. The molecule has 13 aromatic rings. The van der Waals surface area contributed by atoms with Crippen molar-refractivity contribution in [2.75, 3.05) is 57.0 Å². The Morgan fingerprint density at radius 1 is 0.463 bits per heavy atom. The summed E-state index contributed by atoms with van der Waals surface area (Å²) in [6.07, 6.45) is 18.8. The van der Waals surface area contributed by atoms with Crippen LogP contribution < -0.4 is 14.7 Å². The first-order chi connectivity index (χ1) is 45.4. The standard InChI is InChI=1S/C26H24N4O2S.C25H31N3SSi.C24H20N4O2S2/c1-28(2)22-11-9-19(10-12-22)21-15-24-25(20-13-14-29(3)17-20)18-30(26(24)27-16-21)33(31,32)23-7-5-4-6-8-23;1-25(2,3)30(6,7)22-15-21(24-26-12-13-29-24)20-14-18(16-27-23(20)22)17-8-10-19(11-9-17)28(4)5;1-27(2)19-10-8-17(9-11-19)18-14-21-22(24-25-12-13-31-24)16-28(23(21)26-15-18)32(29,30)20-6-4-3-5-7-20/h4-18H,1-3H3;8-16,22H,1-7H3;3-16H,1-2H3. The van der Waals surface area contributed by atoms with Gasteiger partial charge in [-0.25, -0.2) is 44.7 Å². The van der Waals surface area contributed by atoms with Crippen LogP contribution in [-0.4, -0.2) is 105 Å². The number of anilines is 3. The molecule has 0 saturated carbocycles. The predicted octanol–water partition coefficient (Wildman–Crippen LogP) is 17.0. The van der Waals surface area contributed by atoms with E-state index in [0.717, 1.165) is 76.7 Å². The van der Waals surface area contributed by atoms with Crippen LogP contribution in [0.2, 0.25) is 18.1 Å². The molecule has 8 aromatic heterocycles. The second-order valence-electron chi connectivity index (χ2n) is 25.8. The monoisotopic (exact) mass is 1350 g/mol. The van der Waals surface area contributed by atoms with Crippen molar-refractivity contribution in [1.82, 2.24) is 37.4 Å². The summed E-state index contributed by atoms with van der Waals surface area (Å²) in [6.45, 7) is 12.1. The summed E-state index contributed by atoms with van der Waals surface area (Å²) in [5.74, 6) is 0. The van der Waals surface area contributed by atoms with E-state index >= 15 is 0 Å². The first-order valence-electron chi connectivity index (χ1n) is 31.0. The number of benzene rings is 5. The average molecular weight is 1350 g/mol. The minimum atomic E-state index is -3.80. The lowest BCUT2D eigenvalue weighted by molar-refractivity contribution is 0.587.